The topological polar surface area (TPSA) is 105 Å². The van der Waals surface area contributed by atoms with Gasteiger partial charge in [-0.3, -0.25) is 19.7 Å². The highest BCUT2D eigenvalue weighted by Crippen LogP contribution is 2.24. The molecule has 1 fully saturated rings. The summed E-state index contributed by atoms with van der Waals surface area (Å²) < 4.78 is 5.55. The number of hydrogen-bond acceptors (Lipinski definition) is 5. The predicted molar refractivity (Wildman–Crippen MR) is 137 cm³/mol. The van der Waals surface area contributed by atoms with Crippen LogP contribution in [0.3, 0.4) is 0 Å². The fraction of sp³-hybridized carbons (Fsp3) is 0.143. The van der Waals surface area contributed by atoms with E-state index < -0.39 is 17.8 Å². The van der Waals surface area contributed by atoms with E-state index in [1.807, 2.05) is 51.1 Å². The number of carbonyl (C=O) groups excluding carboxylic acids is 4. The number of rotatable bonds is 6. The van der Waals surface area contributed by atoms with Crippen molar-refractivity contribution < 1.29 is 23.9 Å². The average Bonchev–Trinajstić information content (AvgIpc) is 2.85. The Balaban J connectivity index is 1.45. The quantitative estimate of drug-likeness (QED) is 0.402. The summed E-state index contributed by atoms with van der Waals surface area (Å²) in [6, 6.07) is 18.4. The molecule has 8 heteroatoms. The lowest BCUT2D eigenvalue weighted by Crippen LogP contribution is -2.54. The van der Waals surface area contributed by atoms with Crippen molar-refractivity contribution >= 4 is 41.2 Å². The van der Waals surface area contributed by atoms with Crippen LogP contribution in [0.4, 0.5) is 16.2 Å². The standard InChI is InChI=1S/C28H25N3O5/c1-17-8-11-21(14-19(17)3)31-27(34)23(26(33)30-28(31)35)15-20-9-12-22(13-10-20)36-16-25(32)29-24-7-5-4-6-18(24)2/h4-15H,16H2,1-3H3,(H,29,32)(H,30,33,35)/b23-15-. The second-order valence-electron chi connectivity index (χ2n) is 8.45. The number of amides is 5. The first-order chi connectivity index (χ1) is 17.2. The van der Waals surface area contributed by atoms with Crippen molar-refractivity contribution in [1.29, 1.82) is 0 Å². The van der Waals surface area contributed by atoms with Crippen molar-refractivity contribution in [1.82, 2.24) is 5.32 Å². The second-order valence-corrected chi connectivity index (χ2v) is 8.45. The van der Waals surface area contributed by atoms with E-state index in [9.17, 15) is 19.2 Å². The summed E-state index contributed by atoms with van der Waals surface area (Å²) in [5, 5.41) is 5.02. The first-order valence-electron chi connectivity index (χ1n) is 11.3. The molecular weight excluding hydrogens is 458 g/mol. The third kappa shape index (κ3) is 5.33. The Morgan fingerprint density at radius 3 is 2.33 bits per heavy atom. The minimum Gasteiger partial charge on any atom is -0.484 e. The largest absolute Gasteiger partial charge is 0.484 e. The zero-order chi connectivity index (χ0) is 25.8. The highest BCUT2D eigenvalue weighted by molar-refractivity contribution is 6.39. The molecule has 1 aliphatic heterocycles. The fourth-order valence-electron chi connectivity index (χ4n) is 3.63. The van der Waals surface area contributed by atoms with Gasteiger partial charge in [0.2, 0.25) is 0 Å². The Kier molecular flexibility index (Phi) is 6.96. The number of para-hydroxylation sites is 1. The molecule has 0 bridgehead atoms. The molecule has 3 aromatic carbocycles. The van der Waals surface area contributed by atoms with Gasteiger partial charge in [-0.2, -0.15) is 0 Å². The highest BCUT2D eigenvalue weighted by Gasteiger charge is 2.36. The summed E-state index contributed by atoms with van der Waals surface area (Å²) in [5.74, 6) is -1.32. The molecular formula is C28H25N3O5. The van der Waals surface area contributed by atoms with E-state index in [1.54, 1.807) is 36.4 Å². The van der Waals surface area contributed by atoms with Crippen LogP contribution in [0, 0.1) is 20.8 Å². The van der Waals surface area contributed by atoms with Crippen LogP contribution < -0.4 is 20.3 Å². The van der Waals surface area contributed by atoms with Gasteiger partial charge in [-0.05, 0) is 79.4 Å². The lowest BCUT2D eigenvalue weighted by molar-refractivity contribution is -0.122. The molecule has 4 rings (SSSR count). The number of anilines is 2. The number of nitrogens with one attached hydrogen (secondary N) is 2. The third-order valence-electron chi connectivity index (χ3n) is 5.83. The molecule has 8 nitrogen and oxygen atoms in total. The molecule has 1 saturated heterocycles. The van der Waals surface area contributed by atoms with Gasteiger partial charge in [-0.1, -0.05) is 36.4 Å². The smallest absolute Gasteiger partial charge is 0.335 e. The summed E-state index contributed by atoms with van der Waals surface area (Å²) in [6.07, 6.45) is 1.41. The van der Waals surface area contributed by atoms with Gasteiger partial charge >= 0.3 is 6.03 Å². The van der Waals surface area contributed by atoms with E-state index in [0.717, 1.165) is 27.3 Å². The monoisotopic (exact) mass is 483 g/mol. The minimum atomic E-state index is -0.793. The number of aryl methyl sites for hydroxylation is 3. The number of imide groups is 2. The maximum Gasteiger partial charge on any atom is 0.335 e. The summed E-state index contributed by atoms with van der Waals surface area (Å²) >= 11 is 0. The second kappa shape index (κ2) is 10.3. The van der Waals surface area contributed by atoms with Crippen LogP contribution >= 0.6 is 0 Å². The highest BCUT2D eigenvalue weighted by atomic mass is 16.5. The van der Waals surface area contributed by atoms with E-state index in [0.29, 0.717) is 17.0 Å². The molecule has 182 valence electrons. The molecule has 0 spiro atoms. The van der Waals surface area contributed by atoms with Gasteiger partial charge in [-0.15, -0.1) is 0 Å². The summed E-state index contributed by atoms with van der Waals surface area (Å²) in [6.45, 7) is 5.53. The Labute approximate surface area is 208 Å². The van der Waals surface area contributed by atoms with Gasteiger partial charge in [0, 0.05) is 5.69 Å². The van der Waals surface area contributed by atoms with Crippen molar-refractivity contribution in [2.45, 2.75) is 20.8 Å². The van der Waals surface area contributed by atoms with E-state index in [4.69, 9.17) is 4.74 Å². The molecule has 3 aromatic rings. The van der Waals surface area contributed by atoms with Crippen LogP contribution in [-0.2, 0) is 14.4 Å². The first-order valence-corrected chi connectivity index (χ1v) is 11.3. The number of carbonyl (C=O) groups is 4. The van der Waals surface area contributed by atoms with Crippen molar-refractivity contribution in [3.05, 3.63) is 94.6 Å². The van der Waals surface area contributed by atoms with Crippen molar-refractivity contribution in [3.63, 3.8) is 0 Å². The van der Waals surface area contributed by atoms with Crippen LogP contribution in [0.5, 0.6) is 5.75 Å². The van der Waals surface area contributed by atoms with Gasteiger partial charge in [0.05, 0.1) is 5.69 Å². The Morgan fingerprint density at radius 2 is 1.64 bits per heavy atom. The van der Waals surface area contributed by atoms with Gasteiger partial charge < -0.3 is 10.1 Å². The van der Waals surface area contributed by atoms with Gasteiger partial charge in [-0.25, -0.2) is 9.69 Å². The van der Waals surface area contributed by atoms with E-state index >= 15 is 0 Å². The minimum absolute atomic E-state index is 0.167. The summed E-state index contributed by atoms with van der Waals surface area (Å²) in [5.41, 5.74) is 4.37. The molecule has 5 amide bonds. The molecule has 0 unspecified atom stereocenters. The van der Waals surface area contributed by atoms with Crippen LogP contribution in [0.15, 0.2) is 72.3 Å². The molecule has 0 atom stereocenters. The molecule has 1 heterocycles. The fourth-order valence-corrected chi connectivity index (χ4v) is 3.63. The first kappa shape index (κ1) is 24.4. The number of urea groups is 1. The number of nitrogens with zero attached hydrogens (tertiary/aromatic N) is 1. The molecule has 0 aromatic heterocycles. The molecule has 0 saturated carbocycles. The lowest BCUT2D eigenvalue weighted by atomic mass is 10.1. The maximum atomic E-state index is 13.1. The zero-order valence-electron chi connectivity index (χ0n) is 20.1. The van der Waals surface area contributed by atoms with Crippen LogP contribution in [-0.4, -0.2) is 30.4 Å². The van der Waals surface area contributed by atoms with E-state index in [2.05, 4.69) is 10.6 Å². The lowest BCUT2D eigenvalue weighted by Gasteiger charge is -2.26. The van der Waals surface area contributed by atoms with Crippen molar-refractivity contribution in [3.8, 4) is 5.75 Å². The normalized spacial score (nSPS) is 14.6. The molecule has 0 radical (unpaired) electrons. The molecule has 36 heavy (non-hydrogen) atoms. The van der Waals surface area contributed by atoms with Gasteiger partial charge in [0.15, 0.2) is 6.61 Å². The third-order valence-corrected chi connectivity index (χ3v) is 5.83. The molecule has 2 N–H and O–H groups in total. The Bertz CT molecular complexity index is 1390. The summed E-state index contributed by atoms with van der Waals surface area (Å²) in [4.78, 5) is 51.0. The zero-order valence-corrected chi connectivity index (χ0v) is 20.1. The predicted octanol–water partition coefficient (Wildman–Crippen LogP) is 4.30. The maximum absolute atomic E-state index is 13.1. The number of barbiturate groups is 1. The molecule has 0 aliphatic carbocycles. The van der Waals surface area contributed by atoms with Gasteiger partial charge in [0.1, 0.15) is 11.3 Å². The number of benzene rings is 3. The molecule has 1 aliphatic rings. The van der Waals surface area contributed by atoms with Crippen LogP contribution in [0.25, 0.3) is 6.08 Å². The summed E-state index contributed by atoms with van der Waals surface area (Å²) in [7, 11) is 0. The van der Waals surface area contributed by atoms with E-state index in [-0.39, 0.29) is 18.1 Å². The Hall–Kier alpha value is -4.72. The number of ether oxygens (including phenoxy) is 1. The van der Waals surface area contributed by atoms with Crippen molar-refractivity contribution in [2.75, 3.05) is 16.8 Å². The average molecular weight is 484 g/mol. The number of hydrogen-bond donors (Lipinski definition) is 2. The van der Waals surface area contributed by atoms with Gasteiger partial charge in [0.25, 0.3) is 17.7 Å². The van der Waals surface area contributed by atoms with Crippen LogP contribution in [0.1, 0.15) is 22.3 Å². The van der Waals surface area contributed by atoms with E-state index in [1.165, 1.54) is 6.08 Å². The van der Waals surface area contributed by atoms with Crippen molar-refractivity contribution in [2.24, 2.45) is 0 Å². The van der Waals surface area contributed by atoms with Crippen LogP contribution in [0.2, 0.25) is 0 Å². The Morgan fingerprint density at radius 1 is 0.917 bits per heavy atom. The SMILES string of the molecule is Cc1ccc(N2C(=O)NC(=O)/C(=C/c3ccc(OCC(=O)Nc4ccccc4C)cc3)C2=O)cc1C.